The molecule has 0 heterocycles. The molecule has 0 saturated carbocycles. The van der Waals surface area contributed by atoms with E-state index in [1.54, 1.807) is 6.07 Å². The van der Waals surface area contributed by atoms with Crippen LogP contribution in [0.2, 0.25) is 0 Å². The molecule has 2 rings (SSSR count). The van der Waals surface area contributed by atoms with Crippen LogP contribution >= 0.6 is 0 Å². The molecular weight excluding hydrogens is 368 g/mol. The van der Waals surface area contributed by atoms with Crippen molar-refractivity contribution in [3.05, 3.63) is 53.6 Å². The van der Waals surface area contributed by atoms with E-state index in [2.05, 4.69) is 5.32 Å². The number of methoxy groups -OCH3 is 1. The highest BCUT2D eigenvalue weighted by atomic mass is 32.2. The first-order chi connectivity index (χ1) is 12.8. The van der Waals surface area contributed by atoms with E-state index in [1.807, 2.05) is 25.1 Å². The lowest BCUT2D eigenvalue weighted by molar-refractivity contribution is 0.0960. The van der Waals surface area contributed by atoms with Crippen LogP contribution in [0.1, 0.15) is 22.8 Å². The lowest BCUT2D eigenvalue weighted by Crippen LogP contribution is -2.27. The minimum Gasteiger partial charge on any atom is -0.496 e. The smallest absolute Gasteiger partial charge is 0.254 e. The van der Waals surface area contributed by atoms with Gasteiger partial charge in [0.05, 0.1) is 24.2 Å². The molecule has 27 heavy (non-hydrogen) atoms. The predicted molar refractivity (Wildman–Crippen MR) is 103 cm³/mol. The van der Waals surface area contributed by atoms with E-state index in [-0.39, 0.29) is 17.0 Å². The van der Waals surface area contributed by atoms with E-state index in [0.29, 0.717) is 18.1 Å². The van der Waals surface area contributed by atoms with Crippen molar-refractivity contribution in [1.82, 2.24) is 9.62 Å². The second-order valence-corrected chi connectivity index (χ2v) is 7.83. The lowest BCUT2D eigenvalue weighted by atomic mass is 10.2. The van der Waals surface area contributed by atoms with Crippen molar-refractivity contribution in [2.75, 3.05) is 27.8 Å². The molecule has 2 aromatic carbocycles. The van der Waals surface area contributed by atoms with Gasteiger partial charge in [-0.2, -0.15) is 4.31 Å². The van der Waals surface area contributed by atoms with Gasteiger partial charge >= 0.3 is 0 Å². The number of benzene rings is 2. The summed E-state index contributed by atoms with van der Waals surface area (Å²) < 4.78 is 37.7. The van der Waals surface area contributed by atoms with E-state index in [0.717, 1.165) is 5.56 Å². The largest absolute Gasteiger partial charge is 0.496 e. The van der Waals surface area contributed by atoms with Crippen molar-refractivity contribution in [2.45, 2.75) is 18.4 Å². The zero-order valence-corrected chi connectivity index (χ0v) is 16.7. The van der Waals surface area contributed by atoms with E-state index < -0.39 is 15.9 Å². The molecule has 0 atom stereocenters. The minimum absolute atomic E-state index is 0.0189. The van der Waals surface area contributed by atoms with Crippen LogP contribution in [-0.4, -0.2) is 46.4 Å². The quantitative estimate of drug-likeness (QED) is 0.745. The summed E-state index contributed by atoms with van der Waals surface area (Å²) in [4.78, 5) is 12.0. The van der Waals surface area contributed by atoms with Gasteiger partial charge in [0.1, 0.15) is 11.5 Å². The molecule has 0 radical (unpaired) electrons. The molecule has 0 fully saturated rings. The summed E-state index contributed by atoms with van der Waals surface area (Å²) in [5.74, 6) is 0.573. The number of ether oxygens (including phenoxy) is 2. The monoisotopic (exact) mass is 392 g/mol. The molecular formula is C19H24N2O5S. The standard InChI is InChI=1S/C19H24N2O5S/c1-5-26-15-8-6-7-14(11-15)13-21(3)27(23,24)16-9-10-18(25-4)17(12-16)19(22)20-2/h6-12H,5,13H2,1-4H3,(H,20,22). The Labute approximate surface area is 160 Å². The molecule has 0 aliphatic rings. The summed E-state index contributed by atoms with van der Waals surface area (Å²) in [6, 6.07) is 11.5. The fraction of sp³-hybridized carbons (Fsp3) is 0.316. The number of hydrogen-bond acceptors (Lipinski definition) is 5. The number of carbonyl (C=O) groups is 1. The fourth-order valence-corrected chi connectivity index (χ4v) is 3.77. The molecule has 0 bridgehead atoms. The van der Waals surface area contributed by atoms with E-state index in [9.17, 15) is 13.2 Å². The number of amides is 1. The molecule has 1 amide bonds. The van der Waals surface area contributed by atoms with Crippen LogP contribution in [0.5, 0.6) is 11.5 Å². The van der Waals surface area contributed by atoms with Crippen LogP contribution < -0.4 is 14.8 Å². The zero-order valence-electron chi connectivity index (χ0n) is 15.9. The fourth-order valence-electron chi connectivity index (χ4n) is 2.58. The molecule has 7 nitrogen and oxygen atoms in total. The number of carbonyl (C=O) groups excluding carboxylic acids is 1. The molecule has 0 unspecified atom stereocenters. The maximum atomic E-state index is 12.9. The highest BCUT2D eigenvalue weighted by Gasteiger charge is 2.24. The van der Waals surface area contributed by atoms with E-state index in [4.69, 9.17) is 9.47 Å². The number of sulfonamides is 1. The zero-order chi connectivity index (χ0) is 20.0. The number of hydrogen-bond donors (Lipinski definition) is 1. The van der Waals surface area contributed by atoms with Crippen molar-refractivity contribution < 1.29 is 22.7 Å². The van der Waals surface area contributed by atoms with Gasteiger partial charge in [0.25, 0.3) is 5.91 Å². The van der Waals surface area contributed by atoms with Crippen LogP contribution in [0.25, 0.3) is 0 Å². The first-order valence-corrected chi connectivity index (χ1v) is 9.85. The summed E-state index contributed by atoms with van der Waals surface area (Å²) in [6.07, 6.45) is 0. The summed E-state index contributed by atoms with van der Waals surface area (Å²) in [6.45, 7) is 2.59. The maximum Gasteiger partial charge on any atom is 0.254 e. The molecule has 0 aromatic heterocycles. The van der Waals surface area contributed by atoms with Gasteiger partial charge < -0.3 is 14.8 Å². The third-order valence-corrected chi connectivity index (χ3v) is 5.76. The van der Waals surface area contributed by atoms with Crippen LogP contribution in [0.15, 0.2) is 47.4 Å². The van der Waals surface area contributed by atoms with Crippen molar-refractivity contribution in [3.8, 4) is 11.5 Å². The van der Waals surface area contributed by atoms with Crippen molar-refractivity contribution in [2.24, 2.45) is 0 Å². The Hall–Kier alpha value is -2.58. The van der Waals surface area contributed by atoms with Crippen LogP contribution in [0.3, 0.4) is 0 Å². The first-order valence-electron chi connectivity index (χ1n) is 8.41. The molecule has 2 aromatic rings. The maximum absolute atomic E-state index is 12.9. The van der Waals surface area contributed by atoms with E-state index >= 15 is 0 Å². The SMILES string of the molecule is CCOc1cccc(CN(C)S(=O)(=O)c2ccc(OC)c(C(=O)NC)c2)c1. The number of rotatable bonds is 8. The van der Waals surface area contributed by atoms with Gasteiger partial charge in [0.15, 0.2) is 0 Å². The van der Waals surface area contributed by atoms with Crippen molar-refractivity contribution in [1.29, 1.82) is 0 Å². The summed E-state index contributed by atoms with van der Waals surface area (Å²) in [7, 11) is 0.595. The van der Waals surface area contributed by atoms with Gasteiger partial charge in [-0.05, 0) is 42.8 Å². The summed E-state index contributed by atoms with van der Waals surface area (Å²) >= 11 is 0. The van der Waals surface area contributed by atoms with E-state index in [1.165, 1.54) is 43.7 Å². The first kappa shape index (κ1) is 20.7. The Balaban J connectivity index is 2.32. The Morgan fingerprint density at radius 2 is 1.93 bits per heavy atom. The topological polar surface area (TPSA) is 84.9 Å². The van der Waals surface area contributed by atoms with Gasteiger partial charge in [-0.25, -0.2) is 8.42 Å². The lowest BCUT2D eigenvalue weighted by Gasteiger charge is -2.19. The third-order valence-electron chi connectivity index (χ3n) is 3.97. The number of nitrogens with zero attached hydrogens (tertiary/aromatic N) is 1. The van der Waals surface area contributed by atoms with Gasteiger partial charge in [-0.15, -0.1) is 0 Å². The second-order valence-electron chi connectivity index (χ2n) is 5.78. The average molecular weight is 392 g/mol. The Bertz CT molecular complexity index is 912. The summed E-state index contributed by atoms with van der Waals surface area (Å²) in [5.41, 5.74) is 0.958. The van der Waals surface area contributed by atoms with Gasteiger partial charge in [0.2, 0.25) is 10.0 Å². The summed E-state index contributed by atoms with van der Waals surface area (Å²) in [5, 5.41) is 2.48. The molecule has 8 heteroatoms. The normalized spacial score (nSPS) is 11.3. The molecule has 0 spiro atoms. The minimum atomic E-state index is -3.79. The highest BCUT2D eigenvalue weighted by molar-refractivity contribution is 7.89. The van der Waals surface area contributed by atoms with Crippen LogP contribution in [0, 0.1) is 0 Å². The third kappa shape index (κ3) is 4.78. The van der Waals surface area contributed by atoms with Gasteiger partial charge in [-0.1, -0.05) is 12.1 Å². The predicted octanol–water partition coefficient (Wildman–Crippen LogP) is 2.27. The Morgan fingerprint density at radius 3 is 2.56 bits per heavy atom. The van der Waals surface area contributed by atoms with Crippen molar-refractivity contribution in [3.63, 3.8) is 0 Å². The average Bonchev–Trinajstić information content (AvgIpc) is 2.67. The molecule has 0 aliphatic heterocycles. The highest BCUT2D eigenvalue weighted by Crippen LogP contribution is 2.25. The van der Waals surface area contributed by atoms with Crippen LogP contribution in [0.4, 0.5) is 0 Å². The molecule has 146 valence electrons. The van der Waals surface area contributed by atoms with Crippen LogP contribution in [-0.2, 0) is 16.6 Å². The molecule has 0 aliphatic carbocycles. The molecule has 1 N–H and O–H groups in total. The Morgan fingerprint density at radius 1 is 1.19 bits per heavy atom. The molecule has 0 saturated heterocycles. The number of nitrogens with one attached hydrogen (secondary N) is 1. The second kappa shape index (κ2) is 8.88. The Kier molecular flexibility index (Phi) is 6.81. The van der Waals surface area contributed by atoms with Gasteiger partial charge in [0, 0.05) is 20.6 Å². The van der Waals surface area contributed by atoms with Gasteiger partial charge in [-0.3, -0.25) is 4.79 Å². The van der Waals surface area contributed by atoms with Crippen molar-refractivity contribution >= 4 is 15.9 Å².